The molecule has 0 amide bonds. The van der Waals surface area contributed by atoms with Crippen LogP contribution in [0.25, 0.3) is 0 Å². The van der Waals surface area contributed by atoms with Crippen LogP contribution >= 0.6 is 0 Å². The van der Waals surface area contributed by atoms with Gasteiger partial charge in [-0.1, -0.05) is 19.1 Å². The maximum absolute atomic E-state index is 5.19. The first-order chi connectivity index (χ1) is 10.2. The van der Waals surface area contributed by atoms with Crippen LogP contribution < -0.4 is 10.1 Å². The molecule has 112 valence electrons. The van der Waals surface area contributed by atoms with E-state index < -0.39 is 0 Å². The van der Waals surface area contributed by atoms with Gasteiger partial charge in [0.05, 0.1) is 12.8 Å². The number of aryl methyl sites for hydroxylation is 2. The van der Waals surface area contributed by atoms with Crippen molar-refractivity contribution in [1.82, 2.24) is 10.3 Å². The highest BCUT2D eigenvalue weighted by atomic mass is 16.5. The Morgan fingerprint density at radius 1 is 1.19 bits per heavy atom. The van der Waals surface area contributed by atoms with Gasteiger partial charge < -0.3 is 10.1 Å². The van der Waals surface area contributed by atoms with E-state index in [-0.39, 0.29) is 0 Å². The van der Waals surface area contributed by atoms with Crippen molar-refractivity contribution in [3.05, 3.63) is 59.4 Å². The van der Waals surface area contributed by atoms with Gasteiger partial charge in [0.1, 0.15) is 5.75 Å². The van der Waals surface area contributed by atoms with Gasteiger partial charge in [0, 0.05) is 12.2 Å². The molecule has 0 radical (unpaired) electrons. The molecule has 3 nitrogen and oxygen atoms in total. The monoisotopic (exact) mass is 284 g/mol. The van der Waals surface area contributed by atoms with Gasteiger partial charge in [-0.25, -0.2) is 0 Å². The number of nitrogens with one attached hydrogen (secondary N) is 1. The van der Waals surface area contributed by atoms with Crippen molar-refractivity contribution in [1.29, 1.82) is 0 Å². The molecule has 0 saturated heterocycles. The van der Waals surface area contributed by atoms with Crippen LogP contribution in [-0.4, -0.2) is 18.6 Å². The predicted octanol–water partition coefficient (Wildman–Crippen LogP) is 3.68. The minimum atomic E-state index is 0.303. The van der Waals surface area contributed by atoms with Gasteiger partial charge in [-0.15, -0.1) is 0 Å². The Kier molecular flexibility index (Phi) is 5.76. The van der Waals surface area contributed by atoms with Crippen molar-refractivity contribution in [2.24, 2.45) is 0 Å². The fraction of sp³-hybridized carbons (Fsp3) is 0.389. The van der Waals surface area contributed by atoms with E-state index >= 15 is 0 Å². The number of aromatic nitrogens is 1. The molecule has 1 atom stereocenters. The maximum atomic E-state index is 5.19. The highest BCUT2D eigenvalue weighted by molar-refractivity contribution is 5.27. The second-order valence-corrected chi connectivity index (χ2v) is 5.26. The van der Waals surface area contributed by atoms with E-state index in [2.05, 4.69) is 42.3 Å². The van der Waals surface area contributed by atoms with Gasteiger partial charge in [-0.2, -0.15) is 0 Å². The largest absolute Gasteiger partial charge is 0.497 e. The lowest BCUT2D eigenvalue weighted by Gasteiger charge is -2.18. The van der Waals surface area contributed by atoms with Crippen molar-refractivity contribution in [3.8, 4) is 5.75 Å². The summed E-state index contributed by atoms with van der Waals surface area (Å²) in [6.45, 7) is 5.19. The average Bonchev–Trinajstić information content (AvgIpc) is 2.52. The molecular formula is C18H24N2O. The standard InChI is InChI=1S/C18H24N2O/c1-4-19-17(18-13-14(2)11-12-20-18)10-7-15-5-8-16(21-3)9-6-15/h5-6,8-9,11-13,17,19H,4,7,10H2,1-3H3. The fourth-order valence-corrected chi connectivity index (χ4v) is 2.45. The summed E-state index contributed by atoms with van der Waals surface area (Å²) >= 11 is 0. The lowest BCUT2D eigenvalue weighted by Crippen LogP contribution is -2.22. The molecule has 21 heavy (non-hydrogen) atoms. The van der Waals surface area contributed by atoms with Crippen LogP contribution in [0.15, 0.2) is 42.6 Å². The molecule has 1 N–H and O–H groups in total. The first-order valence-electron chi connectivity index (χ1n) is 7.51. The van der Waals surface area contributed by atoms with E-state index in [1.807, 2.05) is 24.4 Å². The minimum absolute atomic E-state index is 0.303. The normalized spacial score (nSPS) is 12.1. The number of rotatable bonds is 7. The zero-order valence-electron chi connectivity index (χ0n) is 13.1. The average molecular weight is 284 g/mol. The molecule has 0 aliphatic heterocycles. The van der Waals surface area contributed by atoms with E-state index in [0.29, 0.717) is 6.04 Å². The molecular weight excluding hydrogens is 260 g/mol. The summed E-state index contributed by atoms with van der Waals surface area (Å²) in [6, 6.07) is 12.8. The lowest BCUT2D eigenvalue weighted by molar-refractivity contribution is 0.414. The number of pyridine rings is 1. The lowest BCUT2D eigenvalue weighted by atomic mass is 10.0. The minimum Gasteiger partial charge on any atom is -0.497 e. The second-order valence-electron chi connectivity index (χ2n) is 5.26. The van der Waals surface area contributed by atoms with E-state index in [4.69, 9.17) is 4.74 Å². The molecule has 0 spiro atoms. The topological polar surface area (TPSA) is 34.1 Å². The van der Waals surface area contributed by atoms with Crippen molar-refractivity contribution < 1.29 is 4.74 Å². The number of ether oxygens (including phenoxy) is 1. The zero-order chi connectivity index (χ0) is 15.1. The summed E-state index contributed by atoms with van der Waals surface area (Å²) in [7, 11) is 1.69. The fourth-order valence-electron chi connectivity index (χ4n) is 2.45. The van der Waals surface area contributed by atoms with Gasteiger partial charge in [-0.3, -0.25) is 4.98 Å². The third kappa shape index (κ3) is 4.57. The number of nitrogens with zero attached hydrogens (tertiary/aromatic N) is 1. The van der Waals surface area contributed by atoms with Crippen molar-refractivity contribution >= 4 is 0 Å². The summed E-state index contributed by atoms with van der Waals surface area (Å²) in [6.07, 6.45) is 3.95. The summed E-state index contributed by atoms with van der Waals surface area (Å²) in [5.41, 5.74) is 3.71. The van der Waals surface area contributed by atoms with Crippen LogP contribution in [0.2, 0.25) is 0 Å². The molecule has 0 aliphatic rings. The third-order valence-corrected chi connectivity index (χ3v) is 3.62. The van der Waals surface area contributed by atoms with Gasteiger partial charge in [-0.05, 0) is 61.7 Å². The summed E-state index contributed by atoms with van der Waals surface area (Å²) < 4.78 is 5.19. The molecule has 1 unspecified atom stereocenters. The van der Waals surface area contributed by atoms with E-state index in [0.717, 1.165) is 30.8 Å². The Balaban J connectivity index is 2.02. The van der Waals surface area contributed by atoms with Gasteiger partial charge in [0.2, 0.25) is 0 Å². The first-order valence-corrected chi connectivity index (χ1v) is 7.51. The predicted molar refractivity (Wildman–Crippen MR) is 86.7 cm³/mol. The summed E-state index contributed by atoms with van der Waals surface area (Å²) in [5, 5.41) is 3.53. The third-order valence-electron chi connectivity index (χ3n) is 3.62. The Morgan fingerprint density at radius 2 is 1.95 bits per heavy atom. The van der Waals surface area contributed by atoms with E-state index in [1.54, 1.807) is 7.11 Å². The van der Waals surface area contributed by atoms with E-state index in [1.165, 1.54) is 11.1 Å². The highest BCUT2D eigenvalue weighted by Crippen LogP contribution is 2.19. The number of hydrogen-bond donors (Lipinski definition) is 1. The number of methoxy groups -OCH3 is 1. The second kappa shape index (κ2) is 7.79. The molecule has 1 aromatic heterocycles. The van der Waals surface area contributed by atoms with Crippen LogP contribution in [0.5, 0.6) is 5.75 Å². The maximum Gasteiger partial charge on any atom is 0.118 e. The van der Waals surface area contributed by atoms with Crippen LogP contribution in [0.4, 0.5) is 0 Å². The smallest absolute Gasteiger partial charge is 0.118 e. The van der Waals surface area contributed by atoms with Crippen molar-refractivity contribution in [2.75, 3.05) is 13.7 Å². The first kappa shape index (κ1) is 15.5. The van der Waals surface area contributed by atoms with Crippen LogP contribution in [0, 0.1) is 6.92 Å². The number of benzene rings is 1. The van der Waals surface area contributed by atoms with Crippen molar-refractivity contribution in [2.45, 2.75) is 32.7 Å². The molecule has 2 aromatic rings. The molecule has 0 bridgehead atoms. The molecule has 2 rings (SSSR count). The van der Waals surface area contributed by atoms with Crippen LogP contribution in [0.3, 0.4) is 0 Å². The Labute approximate surface area is 127 Å². The van der Waals surface area contributed by atoms with Crippen LogP contribution in [-0.2, 0) is 6.42 Å². The van der Waals surface area contributed by atoms with Crippen molar-refractivity contribution in [3.63, 3.8) is 0 Å². The van der Waals surface area contributed by atoms with E-state index in [9.17, 15) is 0 Å². The molecule has 0 saturated carbocycles. The quantitative estimate of drug-likeness (QED) is 0.842. The highest BCUT2D eigenvalue weighted by Gasteiger charge is 2.12. The molecule has 3 heteroatoms. The molecule has 1 aromatic carbocycles. The summed E-state index contributed by atoms with van der Waals surface area (Å²) in [5.74, 6) is 0.905. The van der Waals surface area contributed by atoms with Crippen LogP contribution in [0.1, 0.15) is 36.2 Å². The zero-order valence-corrected chi connectivity index (χ0v) is 13.1. The Hall–Kier alpha value is -1.87. The molecule has 0 fully saturated rings. The van der Waals surface area contributed by atoms with Gasteiger partial charge >= 0.3 is 0 Å². The van der Waals surface area contributed by atoms with Gasteiger partial charge in [0.15, 0.2) is 0 Å². The molecule has 1 heterocycles. The summed E-state index contributed by atoms with van der Waals surface area (Å²) in [4.78, 5) is 4.52. The molecule has 0 aliphatic carbocycles. The Bertz CT molecular complexity index is 551. The van der Waals surface area contributed by atoms with Gasteiger partial charge in [0.25, 0.3) is 0 Å². The SMILES string of the molecule is CCNC(CCc1ccc(OC)cc1)c1cc(C)ccn1. The number of hydrogen-bond acceptors (Lipinski definition) is 3. The Morgan fingerprint density at radius 3 is 2.57 bits per heavy atom.